The molecular weight excluding hydrogens is 393 g/mol. The topological polar surface area (TPSA) is 67.8 Å². The Labute approximate surface area is 184 Å². The van der Waals surface area contributed by atoms with Gasteiger partial charge in [-0.1, -0.05) is 26.3 Å². The number of aryl methyl sites for hydroxylation is 1. The summed E-state index contributed by atoms with van der Waals surface area (Å²) in [5, 5.41) is 3.45. The molecular formula is C24H34FN5O. The molecule has 1 aliphatic rings. The third-order valence-electron chi connectivity index (χ3n) is 5.26. The van der Waals surface area contributed by atoms with Crippen molar-refractivity contribution in [1.29, 1.82) is 0 Å². The molecule has 1 aromatic carbocycles. The first kappa shape index (κ1) is 23.0. The van der Waals surface area contributed by atoms with Gasteiger partial charge in [-0.25, -0.2) is 9.37 Å². The van der Waals surface area contributed by atoms with Crippen LogP contribution in [-0.2, 0) is 11.3 Å². The average Bonchev–Trinajstić information content (AvgIpc) is 3.19. The van der Waals surface area contributed by atoms with Crippen LogP contribution in [0, 0.1) is 12.7 Å². The number of aromatic nitrogens is 2. The van der Waals surface area contributed by atoms with Crippen LogP contribution in [0.4, 0.5) is 15.9 Å². The molecule has 168 valence electrons. The van der Waals surface area contributed by atoms with Crippen molar-refractivity contribution in [2.75, 3.05) is 43.1 Å². The van der Waals surface area contributed by atoms with E-state index in [0.29, 0.717) is 19.8 Å². The average molecular weight is 428 g/mol. The van der Waals surface area contributed by atoms with Crippen molar-refractivity contribution in [3.8, 4) is 11.1 Å². The summed E-state index contributed by atoms with van der Waals surface area (Å²) < 4.78 is 21.3. The number of nitrogens with two attached hydrogens (primary N) is 1. The molecule has 0 saturated carbocycles. The maximum absolute atomic E-state index is 13.7. The van der Waals surface area contributed by atoms with E-state index in [1.165, 1.54) is 12.5 Å². The molecule has 0 spiro atoms. The molecule has 6 nitrogen and oxygen atoms in total. The van der Waals surface area contributed by atoms with Gasteiger partial charge in [0.25, 0.3) is 0 Å². The number of benzene rings is 1. The zero-order valence-electron chi connectivity index (χ0n) is 19.0. The summed E-state index contributed by atoms with van der Waals surface area (Å²) in [5.74, 6) is 0.794. The Balaban J connectivity index is 0.000000858. The van der Waals surface area contributed by atoms with Gasteiger partial charge >= 0.3 is 0 Å². The molecule has 3 aromatic rings. The van der Waals surface area contributed by atoms with Crippen molar-refractivity contribution in [2.45, 2.75) is 40.7 Å². The number of hydrogen-bond acceptors (Lipinski definition) is 5. The van der Waals surface area contributed by atoms with Crippen molar-refractivity contribution in [3.05, 3.63) is 47.5 Å². The lowest BCUT2D eigenvalue weighted by atomic mass is 9.96. The third kappa shape index (κ3) is 4.83. The molecule has 7 heteroatoms. The fourth-order valence-electron chi connectivity index (χ4n) is 3.90. The number of pyridine rings is 1. The van der Waals surface area contributed by atoms with Crippen LogP contribution < -0.4 is 16.0 Å². The van der Waals surface area contributed by atoms with Gasteiger partial charge in [-0.2, -0.15) is 0 Å². The number of rotatable bonds is 5. The number of anilines is 2. The molecule has 1 aliphatic heterocycles. The first-order valence-electron chi connectivity index (χ1n) is 11.1. The van der Waals surface area contributed by atoms with E-state index in [-0.39, 0.29) is 5.82 Å². The van der Waals surface area contributed by atoms with Crippen LogP contribution in [0.3, 0.4) is 0 Å². The highest BCUT2D eigenvalue weighted by atomic mass is 19.1. The summed E-state index contributed by atoms with van der Waals surface area (Å²) in [6, 6.07) is 4.88. The Morgan fingerprint density at radius 1 is 1.16 bits per heavy atom. The molecule has 0 amide bonds. The fraction of sp³-hybridized carbons (Fsp3) is 0.458. The van der Waals surface area contributed by atoms with Gasteiger partial charge in [0, 0.05) is 43.5 Å². The molecule has 1 fully saturated rings. The van der Waals surface area contributed by atoms with Gasteiger partial charge in [0.1, 0.15) is 11.6 Å². The zero-order valence-corrected chi connectivity index (χ0v) is 19.0. The Morgan fingerprint density at radius 3 is 2.48 bits per heavy atom. The molecule has 0 unspecified atom stereocenters. The van der Waals surface area contributed by atoms with Crippen molar-refractivity contribution < 1.29 is 9.13 Å². The Hall–Kier alpha value is -2.64. The summed E-state index contributed by atoms with van der Waals surface area (Å²) in [4.78, 5) is 6.98. The van der Waals surface area contributed by atoms with Gasteiger partial charge in [-0.15, -0.1) is 0 Å². The van der Waals surface area contributed by atoms with Crippen molar-refractivity contribution >= 4 is 17.2 Å². The first-order valence-corrected chi connectivity index (χ1v) is 11.1. The lowest BCUT2D eigenvalue weighted by Crippen LogP contribution is -2.36. The molecule has 3 heterocycles. The Bertz CT molecular complexity index is 1010. The Morgan fingerprint density at radius 2 is 1.87 bits per heavy atom. The largest absolute Gasteiger partial charge is 0.382 e. The van der Waals surface area contributed by atoms with E-state index in [9.17, 15) is 4.39 Å². The van der Waals surface area contributed by atoms with E-state index in [1.807, 2.05) is 19.2 Å². The summed E-state index contributed by atoms with van der Waals surface area (Å²) in [6.45, 7) is 12.4. The van der Waals surface area contributed by atoms with E-state index in [0.717, 1.165) is 59.0 Å². The number of imidazole rings is 1. The maximum Gasteiger partial charge on any atom is 0.162 e. The first-order chi connectivity index (χ1) is 15.0. The smallest absolute Gasteiger partial charge is 0.162 e. The SMILES string of the molecule is CCC.CCNc1c(CN)c(-c2ccc(F)cc2C)cn2c(N3CCOCC3)cnc12. The van der Waals surface area contributed by atoms with Crippen molar-refractivity contribution in [1.82, 2.24) is 9.38 Å². The van der Waals surface area contributed by atoms with Crippen LogP contribution in [0.5, 0.6) is 0 Å². The normalized spacial score (nSPS) is 13.8. The second-order valence-corrected chi connectivity index (χ2v) is 7.71. The van der Waals surface area contributed by atoms with Gasteiger partial charge in [0.05, 0.1) is 25.1 Å². The van der Waals surface area contributed by atoms with Crippen LogP contribution in [0.1, 0.15) is 38.3 Å². The van der Waals surface area contributed by atoms with Crippen LogP contribution in [0.15, 0.2) is 30.6 Å². The molecule has 0 radical (unpaired) electrons. The van der Waals surface area contributed by atoms with Gasteiger partial charge in [0.2, 0.25) is 0 Å². The summed E-state index contributed by atoms with van der Waals surface area (Å²) in [5.41, 5.74) is 11.8. The lowest BCUT2D eigenvalue weighted by molar-refractivity contribution is 0.122. The highest BCUT2D eigenvalue weighted by Crippen LogP contribution is 2.36. The number of morpholine rings is 1. The minimum absolute atomic E-state index is 0.236. The molecule has 0 aliphatic carbocycles. The van der Waals surface area contributed by atoms with Crippen LogP contribution in [0.2, 0.25) is 0 Å². The van der Waals surface area contributed by atoms with E-state index in [1.54, 1.807) is 6.07 Å². The molecule has 0 bridgehead atoms. The molecule has 0 atom stereocenters. The lowest BCUT2D eigenvalue weighted by Gasteiger charge is -2.28. The van der Waals surface area contributed by atoms with Crippen LogP contribution >= 0.6 is 0 Å². The van der Waals surface area contributed by atoms with E-state index < -0.39 is 0 Å². The number of fused-ring (bicyclic) bond motifs is 1. The van der Waals surface area contributed by atoms with Crippen molar-refractivity contribution in [3.63, 3.8) is 0 Å². The molecule has 1 saturated heterocycles. The highest BCUT2D eigenvalue weighted by molar-refractivity contribution is 5.84. The summed E-state index contributed by atoms with van der Waals surface area (Å²) in [7, 11) is 0. The summed E-state index contributed by atoms with van der Waals surface area (Å²) in [6.07, 6.45) is 5.24. The molecule has 4 rings (SSSR count). The molecule has 2 aromatic heterocycles. The van der Waals surface area contributed by atoms with Crippen LogP contribution in [0.25, 0.3) is 16.8 Å². The van der Waals surface area contributed by atoms with Gasteiger partial charge < -0.3 is 20.7 Å². The quantitative estimate of drug-likeness (QED) is 0.623. The standard InChI is InChI=1S/C21H26FN5O.C3H8/c1-3-24-20-17(11-23)18(16-5-4-15(22)10-14(16)2)13-27-19(12-25-21(20)27)26-6-8-28-9-7-26;1-3-2/h4-5,10,12-13,24H,3,6-9,11,23H2,1-2H3;3H2,1-2H3. The van der Waals surface area contributed by atoms with Crippen LogP contribution in [-0.4, -0.2) is 42.2 Å². The van der Waals surface area contributed by atoms with Gasteiger partial charge in [0.15, 0.2) is 5.65 Å². The predicted molar refractivity (Wildman–Crippen MR) is 126 cm³/mol. The monoisotopic (exact) mass is 427 g/mol. The number of ether oxygens (including phenoxy) is 1. The van der Waals surface area contributed by atoms with Gasteiger partial charge in [-0.05, 0) is 37.1 Å². The van der Waals surface area contributed by atoms with Crippen molar-refractivity contribution in [2.24, 2.45) is 5.73 Å². The minimum atomic E-state index is -0.236. The fourth-order valence-corrected chi connectivity index (χ4v) is 3.90. The third-order valence-corrected chi connectivity index (χ3v) is 5.26. The van der Waals surface area contributed by atoms with E-state index in [2.05, 4.69) is 41.6 Å². The molecule has 31 heavy (non-hydrogen) atoms. The van der Waals surface area contributed by atoms with E-state index in [4.69, 9.17) is 15.5 Å². The van der Waals surface area contributed by atoms with Gasteiger partial charge in [-0.3, -0.25) is 4.40 Å². The second kappa shape index (κ2) is 10.6. The maximum atomic E-state index is 13.7. The number of halogens is 1. The Kier molecular flexibility index (Phi) is 7.87. The zero-order chi connectivity index (χ0) is 22.4. The summed E-state index contributed by atoms with van der Waals surface area (Å²) >= 11 is 0. The van der Waals surface area contributed by atoms with E-state index >= 15 is 0 Å². The molecule has 3 N–H and O–H groups in total. The minimum Gasteiger partial charge on any atom is -0.382 e. The predicted octanol–water partition coefficient (Wildman–Crippen LogP) is 4.59. The second-order valence-electron chi connectivity index (χ2n) is 7.71. The number of hydrogen-bond donors (Lipinski definition) is 2. The number of nitrogens with one attached hydrogen (secondary N) is 1. The highest BCUT2D eigenvalue weighted by Gasteiger charge is 2.21. The number of nitrogens with zero attached hydrogens (tertiary/aromatic N) is 3.